The first-order chi connectivity index (χ1) is 4.74. The molecule has 1 aromatic heterocycles. The van der Waals surface area contributed by atoms with E-state index in [1.165, 1.54) is 19.4 Å². The summed E-state index contributed by atoms with van der Waals surface area (Å²) in [5.41, 5.74) is 0. The van der Waals surface area contributed by atoms with Gasteiger partial charge in [0, 0.05) is 12.3 Å². The summed E-state index contributed by atoms with van der Waals surface area (Å²) in [6, 6.07) is 1.36. The molecular weight excluding hydrogens is 157 g/mol. The summed E-state index contributed by atoms with van der Waals surface area (Å²) in [7, 11) is 1.36. The molecule has 0 spiro atoms. The predicted octanol–water partition coefficient (Wildman–Crippen LogP) is 1.88. The lowest BCUT2D eigenvalue weighted by Gasteiger charge is -1.98. The van der Waals surface area contributed by atoms with Crippen LogP contribution >= 0.6 is 11.6 Å². The van der Waals surface area contributed by atoms with Crippen molar-refractivity contribution in [1.29, 1.82) is 0 Å². The Hall–Kier alpha value is -0.830. The van der Waals surface area contributed by atoms with E-state index < -0.39 is 5.95 Å². The van der Waals surface area contributed by atoms with Crippen LogP contribution in [0.3, 0.4) is 0 Å². The highest BCUT2D eigenvalue weighted by molar-refractivity contribution is 6.30. The van der Waals surface area contributed by atoms with Crippen LogP contribution in [0.4, 0.5) is 4.39 Å². The van der Waals surface area contributed by atoms with Gasteiger partial charge >= 0.3 is 0 Å². The lowest BCUT2D eigenvalue weighted by molar-refractivity contribution is 0.378. The molecule has 10 heavy (non-hydrogen) atoms. The lowest BCUT2D eigenvalue weighted by atomic mass is 10.4. The fraction of sp³-hybridized carbons (Fsp3) is 0.167. The van der Waals surface area contributed by atoms with Crippen LogP contribution in [0.1, 0.15) is 0 Å². The molecule has 0 aromatic carbocycles. The number of halogens is 2. The molecule has 1 aromatic rings. The Bertz CT molecular complexity index is 241. The van der Waals surface area contributed by atoms with Crippen LogP contribution in [-0.2, 0) is 0 Å². The molecular formula is C6H5ClFNO. The maximum atomic E-state index is 12.5. The number of nitrogens with zero attached hydrogens (tertiary/aromatic N) is 1. The van der Waals surface area contributed by atoms with Gasteiger partial charge in [0.05, 0.1) is 12.1 Å². The minimum Gasteiger partial charge on any atom is -0.492 e. The van der Waals surface area contributed by atoms with Gasteiger partial charge in [-0.25, -0.2) is 4.98 Å². The van der Waals surface area contributed by atoms with Crippen molar-refractivity contribution in [1.82, 2.24) is 4.98 Å². The second-order valence-corrected chi connectivity index (χ2v) is 2.08. The van der Waals surface area contributed by atoms with Crippen molar-refractivity contribution >= 4 is 11.6 Å². The van der Waals surface area contributed by atoms with Gasteiger partial charge in [0.1, 0.15) is 0 Å². The third kappa shape index (κ3) is 1.36. The molecule has 0 bridgehead atoms. The topological polar surface area (TPSA) is 22.1 Å². The summed E-state index contributed by atoms with van der Waals surface area (Å²) < 4.78 is 17.1. The van der Waals surface area contributed by atoms with Crippen LogP contribution in [-0.4, -0.2) is 12.1 Å². The minimum absolute atomic E-state index is 0.0625. The standard InChI is InChI=1S/C6H5ClFNO/c1-10-5-2-4(7)3-9-6(5)8/h2-3H,1H3. The van der Waals surface area contributed by atoms with Gasteiger partial charge in [-0.05, 0) is 0 Å². The number of pyridine rings is 1. The third-order valence-electron chi connectivity index (χ3n) is 0.993. The zero-order chi connectivity index (χ0) is 7.56. The van der Waals surface area contributed by atoms with Crippen molar-refractivity contribution in [2.24, 2.45) is 0 Å². The first-order valence-corrected chi connectivity index (χ1v) is 2.97. The molecule has 0 radical (unpaired) electrons. The second kappa shape index (κ2) is 2.84. The highest BCUT2D eigenvalue weighted by atomic mass is 35.5. The maximum absolute atomic E-state index is 12.5. The first kappa shape index (κ1) is 7.28. The minimum atomic E-state index is -0.646. The summed E-state index contributed by atoms with van der Waals surface area (Å²) in [5.74, 6) is -0.584. The quantitative estimate of drug-likeness (QED) is 0.587. The van der Waals surface area contributed by atoms with Crippen LogP contribution in [0, 0.1) is 5.95 Å². The van der Waals surface area contributed by atoms with Gasteiger partial charge in [-0.1, -0.05) is 11.6 Å². The molecule has 0 aliphatic heterocycles. The van der Waals surface area contributed by atoms with Crippen molar-refractivity contribution < 1.29 is 9.13 Å². The summed E-state index contributed by atoms with van der Waals surface area (Å²) in [4.78, 5) is 3.33. The first-order valence-electron chi connectivity index (χ1n) is 2.59. The summed E-state index contributed by atoms with van der Waals surface area (Å²) in [5, 5.41) is 0.359. The van der Waals surface area contributed by atoms with E-state index in [-0.39, 0.29) is 5.75 Å². The average molecular weight is 162 g/mol. The Morgan fingerprint density at radius 1 is 1.70 bits per heavy atom. The van der Waals surface area contributed by atoms with Gasteiger partial charge in [0.2, 0.25) is 0 Å². The number of aromatic nitrogens is 1. The van der Waals surface area contributed by atoms with Crippen LogP contribution < -0.4 is 4.74 Å². The molecule has 0 saturated heterocycles. The molecule has 0 fully saturated rings. The van der Waals surface area contributed by atoms with Crippen molar-refractivity contribution in [3.63, 3.8) is 0 Å². The number of rotatable bonds is 1. The van der Waals surface area contributed by atoms with Gasteiger partial charge < -0.3 is 4.74 Å². The van der Waals surface area contributed by atoms with E-state index in [2.05, 4.69) is 9.72 Å². The molecule has 1 rings (SSSR count). The van der Waals surface area contributed by atoms with Crippen molar-refractivity contribution in [2.75, 3.05) is 7.11 Å². The van der Waals surface area contributed by atoms with E-state index in [9.17, 15) is 4.39 Å². The maximum Gasteiger partial charge on any atom is 0.255 e. The molecule has 0 aliphatic rings. The fourth-order valence-corrected chi connectivity index (χ4v) is 0.695. The molecule has 0 N–H and O–H groups in total. The van der Waals surface area contributed by atoms with Crippen molar-refractivity contribution in [3.8, 4) is 5.75 Å². The van der Waals surface area contributed by atoms with E-state index in [4.69, 9.17) is 11.6 Å². The van der Waals surface area contributed by atoms with E-state index >= 15 is 0 Å². The van der Waals surface area contributed by atoms with Gasteiger partial charge in [-0.3, -0.25) is 0 Å². The summed E-state index contributed by atoms with van der Waals surface area (Å²) >= 11 is 5.49. The molecule has 0 unspecified atom stereocenters. The Kier molecular flexibility index (Phi) is 2.06. The zero-order valence-electron chi connectivity index (χ0n) is 5.27. The summed E-state index contributed by atoms with van der Waals surface area (Å²) in [6.45, 7) is 0. The average Bonchev–Trinajstić information content (AvgIpc) is 1.94. The van der Waals surface area contributed by atoms with Crippen LogP contribution in [0.25, 0.3) is 0 Å². The van der Waals surface area contributed by atoms with E-state index in [0.29, 0.717) is 5.02 Å². The number of ether oxygens (including phenoxy) is 1. The van der Waals surface area contributed by atoms with Crippen molar-refractivity contribution in [2.45, 2.75) is 0 Å². The highest BCUT2D eigenvalue weighted by Gasteiger charge is 2.02. The SMILES string of the molecule is COc1cc(Cl)cnc1F. The molecule has 0 aliphatic carbocycles. The number of hydrogen-bond donors (Lipinski definition) is 0. The number of methoxy groups -OCH3 is 1. The van der Waals surface area contributed by atoms with Gasteiger partial charge in [-0.15, -0.1) is 0 Å². The molecule has 0 atom stereocenters. The number of hydrogen-bond acceptors (Lipinski definition) is 2. The smallest absolute Gasteiger partial charge is 0.255 e. The summed E-state index contributed by atoms with van der Waals surface area (Å²) in [6.07, 6.45) is 1.22. The molecule has 1 heterocycles. The van der Waals surface area contributed by atoms with Gasteiger partial charge in [0.25, 0.3) is 5.95 Å². The van der Waals surface area contributed by atoms with Crippen LogP contribution in [0.5, 0.6) is 5.75 Å². The van der Waals surface area contributed by atoms with E-state index in [0.717, 1.165) is 0 Å². The normalized spacial score (nSPS) is 9.50. The van der Waals surface area contributed by atoms with Crippen LogP contribution in [0.15, 0.2) is 12.3 Å². The Labute approximate surface area is 62.6 Å². The zero-order valence-corrected chi connectivity index (χ0v) is 6.02. The Balaban J connectivity index is 3.09. The van der Waals surface area contributed by atoms with E-state index in [1.54, 1.807) is 0 Å². The molecule has 4 heteroatoms. The largest absolute Gasteiger partial charge is 0.492 e. The molecule has 0 amide bonds. The molecule has 2 nitrogen and oxygen atoms in total. The van der Waals surface area contributed by atoms with Gasteiger partial charge in [0.15, 0.2) is 5.75 Å². The highest BCUT2D eigenvalue weighted by Crippen LogP contribution is 2.18. The molecule has 54 valence electrons. The van der Waals surface area contributed by atoms with Gasteiger partial charge in [-0.2, -0.15) is 4.39 Å². The monoisotopic (exact) mass is 161 g/mol. The van der Waals surface area contributed by atoms with Crippen molar-refractivity contribution in [3.05, 3.63) is 23.2 Å². The Morgan fingerprint density at radius 3 is 2.90 bits per heavy atom. The van der Waals surface area contributed by atoms with E-state index in [1.807, 2.05) is 0 Å². The lowest BCUT2D eigenvalue weighted by Crippen LogP contribution is -1.89. The fourth-order valence-electron chi connectivity index (χ4n) is 0.547. The molecule has 0 saturated carbocycles. The third-order valence-corrected chi connectivity index (χ3v) is 1.20. The predicted molar refractivity (Wildman–Crippen MR) is 35.8 cm³/mol. The van der Waals surface area contributed by atoms with Crippen LogP contribution in [0.2, 0.25) is 5.02 Å². The second-order valence-electron chi connectivity index (χ2n) is 1.65. The Morgan fingerprint density at radius 2 is 2.40 bits per heavy atom.